The lowest BCUT2D eigenvalue weighted by molar-refractivity contribution is -0.133. The molecular formula is C18H26ClNO3. The molecule has 0 aromatic heterocycles. The second-order valence-corrected chi connectivity index (χ2v) is 6.97. The summed E-state index contributed by atoms with van der Waals surface area (Å²) in [4.78, 5) is 14.7. The van der Waals surface area contributed by atoms with Crippen LogP contribution in [-0.4, -0.2) is 50.8 Å². The number of ether oxygens (including phenoxy) is 2. The zero-order valence-electron chi connectivity index (χ0n) is 14.0. The summed E-state index contributed by atoms with van der Waals surface area (Å²) in [5.74, 6) is 0.122. The highest BCUT2D eigenvalue weighted by Crippen LogP contribution is 2.31. The monoisotopic (exact) mass is 339 g/mol. The predicted octanol–water partition coefficient (Wildman–Crippen LogP) is 3.17. The minimum Gasteiger partial charge on any atom is -0.383 e. The average molecular weight is 340 g/mol. The number of halogens is 1. The van der Waals surface area contributed by atoms with Gasteiger partial charge in [0.25, 0.3) is 0 Å². The fourth-order valence-corrected chi connectivity index (χ4v) is 3.12. The molecule has 0 spiro atoms. The van der Waals surface area contributed by atoms with Crippen molar-refractivity contribution >= 4 is 17.5 Å². The molecule has 0 unspecified atom stereocenters. The Morgan fingerprint density at radius 3 is 2.78 bits per heavy atom. The molecule has 0 N–H and O–H groups in total. The van der Waals surface area contributed by atoms with Crippen LogP contribution in [-0.2, 0) is 20.7 Å². The minimum absolute atomic E-state index is 0.121. The molecule has 5 heteroatoms. The molecule has 0 saturated carbocycles. The van der Waals surface area contributed by atoms with Crippen LogP contribution in [0.3, 0.4) is 0 Å². The molecule has 1 fully saturated rings. The van der Waals surface area contributed by atoms with E-state index in [0.717, 1.165) is 38.2 Å². The normalized spacial score (nSPS) is 17.0. The van der Waals surface area contributed by atoms with Crippen LogP contribution < -0.4 is 0 Å². The molecule has 1 heterocycles. The molecule has 0 radical (unpaired) electrons. The second-order valence-electron chi connectivity index (χ2n) is 6.54. The Morgan fingerprint density at radius 2 is 2.13 bits per heavy atom. The van der Waals surface area contributed by atoms with Crippen LogP contribution in [0.25, 0.3) is 0 Å². The van der Waals surface area contributed by atoms with Gasteiger partial charge in [-0.05, 0) is 36.0 Å². The summed E-state index contributed by atoms with van der Waals surface area (Å²) in [6.45, 7) is 5.70. The van der Waals surface area contributed by atoms with Crippen LogP contribution in [0.4, 0.5) is 0 Å². The summed E-state index contributed by atoms with van der Waals surface area (Å²) in [5.41, 5.74) is 1.07. The summed E-state index contributed by atoms with van der Waals surface area (Å²) in [6.07, 6.45) is 2.35. The largest absolute Gasteiger partial charge is 0.383 e. The summed E-state index contributed by atoms with van der Waals surface area (Å²) in [7, 11) is 1.66. The maximum atomic E-state index is 12.7. The second kappa shape index (κ2) is 8.67. The number of carbonyl (C=O) groups excluding carboxylic acids is 1. The van der Waals surface area contributed by atoms with Gasteiger partial charge in [-0.3, -0.25) is 4.79 Å². The van der Waals surface area contributed by atoms with Gasteiger partial charge in [0.15, 0.2) is 0 Å². The number of methoxy groups -OCH3 is 1. The number of hydrogen-bond acceptors (Lipinski definition) is 3. The molecule has 0 atom stereocenters. The molecule has 1 aromatic rings. The van der Waals surface area contributed by atoms with Crippen molar-refractivity contribution in [3.8, 4) is 0 Å². The summed E-state index contributed by atoms with van der Waals surface area (Å²) < 4.78 is 10.6. The highest BCUT2D eigenvalue weighted by atomic mass is 35.5. The molecule has 0 aliphatic carbocycles. The van der Waals surface area contributed by atoms with E-state index in [9.17, 15) is 4.79 Å². The van der Waals surface area contributed by atoms with E-state index < -0.39 is 0 Å². The molecule has 128 valence electrons. The van der Waals surface area contributed by atoms with Gasteiger partial charge in [-0.25, -0.2) is 0 Å². The third-order valence-corrected chi connectivity index (χ3v) is 4.67. The Balaban J connectivity index is 2.02. The average Bonchev–Trinajstić information content (AvgIpc) is 2.52. The van der Waals surface area contributed by atoms with Crippen molar-refractivity contribution in [3.63, 3.8) is 0 Å². The standard InChI is InChI=1S/C18H26ClNO3/c1-18(6-9-23-10-7-18)14-20(8-11-22-2)17(21)13-15-4-3-5-16(19)12-15/h3-5,12H,6-11,13-14H2,1-2H3. The van der Waals surface area contributed by atoms with E-state index >= 15 is 0 Å². The van der Waals surface area contributed by atoms with Crippen molar-refractivity contribution in [2.75, 3.05) is 40.0 Å². The fraction of sp³-hybridized carbons (Fsp3) is 0.611. The van der Waals surface area contributed by atoms with Gasteiger partial charge in [0, 0.05) is 38.4 Å². The summed E-state index contributed by atoms with van der Waals surface area (Å²) in [5, 5.41) is 0.662. The number of nitrogens with zero attached hydrogens (tertiary/aromatic N) is 1. The minimum atomic E-state index is 0.121. The maximum absolute atomic E-state index is 12.7. The number of hydrogen-bond donors (Lipinski definition) is 0. The molecular weight excluding hydrogens is 314 g/mol. The van der Waals surface area contributed by atoms with E-state index in [2.05, 4.69) is 6.92 Å². The lowest BCUT2D eigenvalue weighted by Gasteiger charge is -2.38. The Morgan fingerprint density at radius 1 is 1.39 bits per heavy atom. The molecule has 0 bridgehead atoms. The van der Waals surface area contributed by atoms with Crippen LogP contribution in [0, 0.1) is 5.41 Å². The summed E-state index contributed by atoms with van der Waals surface area (Å²) in [6, 6.07) is 7.49. The van der Waals surface area contributed by atoms with Gasteiger partial charge >= 0.3 is 0 Å². The number of amides is 1. The zero-order valence-corrected chi connectivity index (χ0v) is 14.8. The van der Waals surface area contributed by atoms with Crippen LogP contribution in [0.1, 0.15) is 25.3 Å². The van der Waals surface area contributed by atoms with Crippen molar-refractivity contribution < 1.29 is 14.3 Å². The quantitative estimate of drug-likeness (QED) is 0.766. The third kappa shape index (κ3) is 5.79. The van der Waals surface area contributed by atoms with Crippen molar-refractivity contribution in [2.24, 2.45) is 5.41 Å². The van der Waals surface area contributed by atoms with E-state index in [-0.39, 0.29) is 11.3 Å². The maximum Gasteiger partial charge on any atom is 0.227 e. The molecule has 1 aromatic carbocycles. The van der Waals surface area contributed by atoms with Gasteiger partial charge in [-0.1, -0.05) is 30.7 Å². The van der Waals surface area contributed by atoms with Crippen molar-refractivity contribution in [3.05, 3.63) is 34.9 Å². The lowest BCUT2D eigenvalue weighted by Crippen LogP contribution is -2.44. The predicted molar refractivity (Wildman–Crippen MR) is 91.8 cm³/mol. The van der Waals surface area contributed by atoms with Gasteiger partial charge in [-0.2, -0.15) is 0 Å². The molecule has 23 heavy (non-hydrogen) atoms. The molecule has 1 amide bonds. The van der Waals surface area contributed by atoms with Crippen LogP contribution in [0.5, 0.6) is 0 Å². The SMILES string of the molecule is COCCN(CC1(C)CCOCC1)C(=O)Cc1cccc(Cl)c1. The van der Waals surface area contributed by atoms with Crippen LogP contribution in [0.15, 0.2) is 24.3 Å². The van der Waals surface area contributed by atoms with Crippen LogP contribution in [0.2, 0.25) is 5.02 Å². The first-order valence-corrected chi connectivity index (χ1v) is 8.49. The molecule has 1 aliphatic rings. The third-order valence-electron chi connectivity index (χ3n) is 4.43. The Bertz CT molecular complexity index is 515. The van der Waals surface area contributed by atoms with E-state index in [4.69, 9.17) is 21.1 Å². The van der Waals surface area contributed by atoms with Gasteiger partial charge in [0.2, 0.25) is 5.91 Å². The first-order chi connectivity index (χ1) is 11.0. The topological polar surface area (TPSA) is 38.8 Å². The van der Waals surface area contributed by atoms with Gasteiger partial charge < -0.3 is 14.4 Å². The number of rotatable bonds is 7. The molecule has 1 saturated heterocycles. The van der Waals surface area contributed by atoms with E-state index in [1.165, 1.54) is 0 Å². The number of benzene rings is 1. The smallest absolute Gasteiger partial charge is 0.227 e. The highest BCUT2D eigenvalue weighted by molar-refractivity contribution is 6.30. The zero-order chi connectivity index (χ0) is 16.7. The van der Waals surface area contributed by atoms with Gasteiger partial charge in [-0.15, -0.1) is 0 Å². The summed E-state index contributed by atoms with van der Waals surface area (Å²) >= 11 is 6.01. The van der Waals surface area contributed by atoms with E-state index in [1.54, 1.807) is 7.11 Å². The Kier molecular flexibility index (Phi) is 6.88. The van der Waals surface area contributed by atoms with Crippen molar-refractivity contribution in [1.82, 2.24) is 4.90 Å². The Labute approximate surface area is 143 Å². The molecule has 2 rings (SSSR count). The lowest BCUT2D eigenvalue weighted by atomic mass is 9.82. The van der Waals surface area contributed by atoms with Crippen LogP contribution >= 0.6 is 11.6 Å². The van der Waals surface area contributed by atoms with Crippen molar-refractivity contribution in [1.29, 1.82) is 0 Å². The van der Waals surface area contributed by atoms with Crippen molar-refractivity contribution in [2.45, 2.75) is 26.2 Å². The first-order valence-electron chi connectivity index (χ1n) is 8.11. The van der Waals surface area contributed by atoms with Gasteiger partial charge in [0.1, 0.15) is 0 Å². The Hall–Kier alpha value is -1.10. The highest BCUT2D eigenvalue weighted by Gasteiger charge is 2.31. The fourth-order valence-electron chi connectivity index (χ4n) is 2.91. The number of carbonyl (C=O) groups is 1. The first kappa shape index (κ1) is 18.2. The van der Waals surface area contributed by atoms with Gasteiger partial charge in [0.05, 0.1) is 13.0 Å². The van der Waals surface area contributed by atoms with E-state index in [1.807, 2.05) is 29.2 Å². The molecule has 4 nitrogen and oxygen atoms in total. The van der Waals surface area contributed by atoms with E-state index in [0.29, 0.717) is 24.6 Å². The molecule has 1 aliphatic heterocycles.